The van der Waals surface area contributed by atoms with Crippen LogP contribution in [0.15, 0.2) is 36.4 Å². The Kier molecular flexibility index (Phi) is 3.99. The Morgan fingerprint density at radius 1 is 1.05 bits per heavy atom. The number of halogens is 2. The molecule has 0 aromatic heterocycles. The summed E-state index contributed by atoms with van der Waals surface area (Å²) in [7, 11) is 1.68. The van der Waals surface area contributed by atoms with Crippen LogP contribution in [-0.2, 0) is 6.54 Å². The first-order valence-electron chi connectivity index (χ1n) is 6.17. The van der Waals surface area contributed by atoms with E-state index >= 15 is 0 Å². The van der Waals surface area contributed by atoms with E-state index in [0.717, 1.165) is 11.1 Å². The van der Waals surface area contributed by atoms with Crippen molar-refractivity contribution in [2.75, 3.05) is 11.9 Å². The van der Waals surface area contributed by atoms with Crippen molar-refractivity contribution < 1.29 is 8.78 Å². The summed E-state index contributed by atoms with van der Waals surface area (Å²) in [6.07, 6.45) is 0. The standard InChI is InChI=1S/C16H14F2N2/c1-11-3-5-12(6-4-11)10-20(2)14-8-7-13(9-19)15(17)16(14)18/h3-8H,10H2,1-2H3. The SMILES string of the molecule is Cc1ccc(CN(C)c2ccc(C#N)c(F)c2F)cc1. The normalized spacial score (nSPS) is 10.2. The molecule has 2 rings (SSSR count). The fraction of sp³-hybridized carbons (Fsp3) is 0.188. The van der Waals surface area contributed by atoms with Gasteiger partial charge in [0.25, 0.3) is 0 Å². The highest BCUT2D eigenvalue weighted by atomic mass is 19.2. The van der Waals surface area contributed by atoms with Crippen molar-refractivity contribution >= 4 is 5.69 Å². The number of nitrogens with zero attached hydrogens (tertiary/aromatic N) is 2. The van der Waals surface area contributed by atoms with E-state index in [2.05, 4.69) is 0 Å². The molecule has 0 aliphatic heterocycles. The predicted molar refractivity (Wildman–Crippen MR) is 74.4 cm³/mol. The largest absolute Gasteiger partial charge is 0.368 e. The minimum absolute atomic E-state index is 0.141. The summed E-state index contributed by atoms with van der Waals surface area (Å²) < 4.78 is 27.5. The highest BCUT2D eigenvalue weighted by Crippen LogP contribution is 2.24. The van der Waals surface area contributed by atoms with Gasteiger partial charge in [-0.1, -0.05) is 29.8 Å². The van der Waals surface area contributed by atoms with Crippen LogP contribution in [0.2, 0.25) is 0 Å². The Bertz CT molecular complexity index is 657. The lowest BCUT2D eigenvalue weighted by Gasteiger charge is -2.20. The zero-order valence-corrected chi connectivity index (χ0v) is 11.3. The van der Waals surface area contributed by atoms with Gasteiger partial charge in [0.2, 0.25) is 0 Å². The molecule has 0 heterocycles. The van der Waals surface area contributed by atoms with Crippen LogP contribution in [0.5, 0.6) is 0 Å². The molecule has 0 aliphatic carbocycles. The Hall–Kier alpha value is -2.41. The molecule has 2 aromatic carbocycles. The number of benzene rings is 2. The number of hydrogen-bond donors (Lipinski definition) is 0. The highest BCUT2D eigenvalue weighted by Gasteiger charge is 2.16. The molecule has 0 amide bonds. The van der Waals surface area contributed by atoms with Gasteiger partial charge in [-0.15, -0.1) is 0 Å². The van der Waals surface area contributed by atoms with Crippen molar-refractivity contribution in [2.45, 2.75) is 13.5 Å². The average Bonchev–Trinajstić information content (AvgIpc) is 2.44. The Labute approximate surface area is 116 Å². The van der Waals surface area contributed by atoms with E-state index in [1.807, 2.05) is 31.2 Å². The van der Waals surface area contributed by atoms with Gasteiger partial charge in [-0.3, -0.25) is 0 Å². The van der Waals surface area contributed by atoms with E-state index in [4.69, 9.17) is 5.26 Å². The first kappa shape index (κ1) is 14.0. The minimum Gasteiger partial charge on any atom is -0.368 e. The third-order valence-corrected chi connectivity index (χ3v) is 3.13. The maximum atomic E-state index is 13.9. The van der Waals surface area contributed by atoms with Crippen molar-refractivity contribution in [3.63, 3.8) is 0 Å². The average molecular weight is 272 g/mol. The van der Waals surface area contributed by atoms with Crippen LogP contribution in [-0.4, -0.2) is 7.05 Å². The summed E-state index contributed by atoms with van der Waals surface area (Å²) >= 11 is 0. The second-order valence-corrected chi connectivity index (χ2v) is 4.71. The van der Waals surface area contributed by atoms with E-state index in [1.54, 1.807) is 18.0 Å². The first-order valence-corrected chi connectivity index (χ1v) is 6.17. The molecule has 0 saturated heterocycles. The Morgan fingerprint density at radius 2 is 1.70 bits per heavy atom. The van der Waals surface area contributed by atoms with E-state index < -0.39 is 11.6 Å². The van der Waals surface area contributed by atoms with Crippen LogP contribution in [0, 0.1) is 29.9 Å². The predicted octanol–water partition coefficient (Wildman–Crippen LogP) is 3.78. The fourth-order valence-corrected chi connectivity index (χ4v) is 1.97. The van der Waals surface area contributed by atoms with E-state index in [-0.39, 0.29) is 11.3 Å². The maximum absolute atomic E-state index is 13.9. The molecule has 0 radical (unpaired) electrons. The molecule has 4 heteroatoms. The van der Waals surface area contributed by atoms with Gasteiger partial charge in [0.15, 0.2) is 11.6 Å². The Morgan fingerprint density at radius 3 is 2.30 bits per heavy atom. The number of nitriles is 1. The Balaban J connectivity index is 2.26. The zero-order valence-electron chi connectivity index (χ0n) is 11.3. The molecule has 0 aliphatic rings. The molecular weight excluding hydrogens is 258 g/mol. The molecule has 0 unspecified atom stereocenters. The van der Waals surface area contributed by atoms with E-state index in [9.17, 15) is 8.78 Å². The lowest BCUT2D eigenvalue weighted by Crippen LogP contribution is -2.18. The summed E-state index contributed by atoms with van der Waals surface area (Å²) in [5, 5.41) is 8.66. The molecule has 0 atom stereocenters. The molecule has 0 saturated carbocycles. The van der Waals surface area contributed by atoms with Crippen LogP contribution >= 0.6 is 0 Å². The van der Waals surface area contributed by atoms with Gasteiger partial charge in [-0.25, -0.2) is 8.78 Å². The van der Waals surface area contributed by atoms with Gasteiger partial charge < -0.3 is 4.90 Å². The summed E-state index contributed by atoms with van der Waals surface area (Å²) in [6.45, 7) is 2.45. The van der Waals surface area contributed by atoms with Gasteiger partial charge in [0.05, 0.1) is 11.3 Å². The number of anilines is 1. The van der Waals surface area contributed by atoms with Crippen molar-refractivity contribution in [3.05, 3.63) is 64.7 Å². The monoisotopic (exact) mass is 272 g/mol. The topological polar surface area (TPSA) is 27.0 Å². The third-order valence-electron chi connectivity index (χ3n) is 3.13. The van der Waals surface area contributed by atoms with Gasteiger partial charge in [-0.05, 0) is 24.6 Å². The van der Waals surface area contributed by atoms with Crippen LogP contribution in [0.1, 0.15) is 16.7 Å². The van der Waals surface area contributed by atoms with Crippen LogP contribution in [0.25, 0.3) is 0 Å². The summed E-state index contributed by atoms with van der Waals surface area (Å²) in [6, 6.07) is 12.2. The molecule has 102 valence electrons. The van der Waals surface area contributed by atoms with Crippen LogP contribution in [0.4, 0.5) is 14.5 Å². The lowest BCUT2D eigenvalue weighted by atomic mass is 10.1. The van der Waals surface area contributed by atoms with E-state index in [0.29, 0.717) is 6.54 Å². The smallest absolute Gasteiger partial charge is 0.183 e. The van der Waals surface area contributed by atoms with Crippen molar-refractivity contribution in [3.8, 4) is 6.07 Å². The third kappa shape index (κ3) is 2.77. The first-order chi connectivity index (χ1) is 9.52. The molecule has 2 aromatic rings. The van der Waals surface area contributed by atoms with Crippen molar-refractivity contribution in [1.29, 1.82) is 5.26 Å². The van der Waals surface area contributed by atoms with Crippen LogP contribution < -0.4 is 4.90 Å². The summed E-state index contributed by atoms with van der Waals surface area (Å²) in [5.41, 5.74) is 2.01. The fourth-order valence-electron chi connectivity index (χ4n) is 1.97. The minimum atomic E-state index is -1.10. The second-order valence-electron chi connectivity index (χ2n) is 4.71. The molecule has 0 spiro atoms. The lowest BCUT2D eigenvalue weighted by molar-refractivity contribution is 0.505. The van der Waals surface area contributed by atoms with Crippen molar-refractivity contribution in [2.24, 2.45) is 0 Å². The highest BCUT2D eigenvalue weighted by molar-refractivity contribution is 5.51. The van der Waals surface area contributed by atoms with Crippen molar-refractivity contribution in [1.82, 2.24) is 0 Å². The van der Waals surface area contributed by atoms with Gasteiger partial charge in [-0.2, -0.15) is 5.26 Å². The van der Waals surface area contributed by atoms with Gasteiger partial charge in [0, 0.05) is 13.6 Å². The maximum Gasteiger partial charge on any atom is 0.183 e. The molecule has 0 fully saturated rings. The summed E-state index contributed by atoms with van der Waals surface area (Å²) in [5.74, 6) is -2.08. The molecule has 0 N–H and O–H groups in total. The molecular formula is C16H14F2N2. The zero-order chi connectivity index (χ0) is 14.7. The second kappa shape index (κ2) is 5.70. The molecule has 20 heavy (non-hydrogen) atoms. The van der Waals surface area contributed by atoms with Gasteiger partial charge >= 0.3 is 0 Å². The molecule has 0 bridgehead atoms. The van der Waals surface area contributed by atoms with Crippen LogP contribution in [0.3, 0.4) is 0 Å². The number of aryl methyl sites for hydroxylation is 1. The quantitative estimate of drug-likeness (QED) is 0.850. The summed E-state index contributed by atoms with van der Waals surface area (Å²) in [4.78, 5) is 1.62. The van der Waals surface area contributed by atoms with Gasteiger partial charge in [0.1, 0.15) is 6.07 Å². The number of rotatable bonds is 3. The van der Waals surface area contributed by atoms with E-state index in [1.165, 1.54) is 12.1 Å². The number of hydrogen-bond acceptors (Lipinski definition) is 2. The molecule has 2 nitrogen and oxygen atoms in total.